The van der Waals surface area contributed by atoms with Crippen LogP contribution < -0.4 is 10.1 Å². The summed E-state index contributed by atoms with van der Waals surface area (Å²) in [4.78, 5) is 22.4. The van der Waals surface area contributed by atoms with Crippen LogP contribution in [-0.4, -0.2) is 26.5 Å². The fraction of sp³-hybridized carbons (Fsp3) is 0.458. The van der Waals surface area contributed by atoms with Gasteiger partial charge in [-0.05, 0) is 49.1 Å². The van der Waals surface area contributed by atoms with Gasteiger partial charge < -0.3 is 4.74 Å². The zero-order valence-corrected chi connectivity index (χ0v) is 17.6. The molecule has 2 heterocycles. The third kappa shape index (κ3) is 3.78. The lowest BCUT2D eigenvalue weighted by Crippen LogP contribution is -2.28. The number of imidazole rings is 1. The summed E-state index contributed by atoms with van der Waals surface area (Å²) in [5, 5.41) is 3.08. The van der Waals surface area contributed by atoms with Gasteiger partial charge in [-0.15, -0.1) is 0 Å². The number of anilines is 1. The molecule has 1 N–H and O–H groups in total. The number of ether oxygens (including phenoxy) is 1. The number of carbonyl (C=O) groups excluding carboxylic acids is 1. The monoisotopic (exact) mass is 404 g/mol. The summed E-state index contributed by atoms with van der Waals surface area (Å²) in [5.74, 6) is 1.21. The first-order chi connectivity index (χ1) is 14.5. The molecule has 2 aromatic heterocycles. The Bertz CT molecular complexity index is 1070. The van der Waals surface area contributed by atoms with E-state index in [0.717, 1.165) is 42.4 Å². The van der Waals surface area contributed by atoms with Gasteiger partial charge in [-0.3, -0.25) is 14.7 Å². The summed E-state index contributed by atoms with van der Waals surface area (Å²) in [6, 6.07) is 14.3. The lowest BCUT2D eigenvalue weighted by Gasteiger charge is -2.29. The number of fused-ring (bicyclic) bond motifs is 1. The standard InChI is InChI=1S/C24H28N4O2/c1-24(2,16-7-4-3-5-8-16)15-20(29)26-23-25-19-13-14-21(30-18-11-12-18)27-22(19)28(23)17-9-6-10-17/h3-5,7-8,13-14,17-18H,6,9-12,15H2,1-2H3,(H,25,26,29). The lowest BCUT2D eigenvalue weighted by atomic mass is 9.81. The third-order valence-electron chi connectivity index (χ3n) is 6.17. The van der Waals surface area contributed by atoms with Crippen LogP contribution in [0, 0.1) is 0 Å². The molecule has 6 nitrogen and oxygen atoms in total. The van der Waals surface area contributed by atoms with E-state index in [1.54, 1.807) is 0 Å². The first-order valence-corrected chi connectivity index (χ1v) is 10.9. The van der Waals surface area contributed by atoms with Gasteiger partial charge in [0.15, 0.2) is 5.65 Å². The summed E-state index contributed by atoms with van der Waals surface area (Å²) in [5.41, 5.74) is 2.48. The Labute approximate surface area is 176 Å². The zero-order chi connectivity index (χ0) is 20.7. The second kappa shape index (κ2) is 7.42. The molecule has 2 aliphatic carbocycles. The summed E-state index contributed by atoms with van der Waals surface area (Å²) < 4.78 is 7.99. The van der Waals surface area contributed by atoms with E-state index in [1.165, 1.54) is 6.42 Å². The van der Waals surface area contributed by atoms with Crippen LogP contribution >= 0.6 is 0 Å². The lowest BCUT2D eigenvalue weighted by molar-refractivity contribution is -0.117. The van der Waals surface area contributed by atoms with E-state index < -0.39 is 0 Å². The maximum Gasteiger partial charge on any atom is 0.227 e. The van der Waals surface area contributed by atoms with Gasteiger partial charge in [0.05, 0.1) is 0 Å². The number of nitrogens with zero attached hydrogens (tertiary/aromatic N) is 3. The molecule has 2 saturated carbocycles. The van der Waals surface area contributed by atoms with Crippen molar-refractivity contribution < 1.29 is 9.53 Å². The molecule has 0 radical (unpaired) electrons. The Hall–Kier alpha value is -2.89. The Morgan fingerprint density at radius 3 is 2.53 bits per heavy atom. The van der Waals surface area contributed by atoms with Gasteiger partial charge in [0.25, 0.3) is 0 Å². The topological polar surface area (TPSA) is 69.0 Å². The Morgan fingerprint density at radius 1 is 1.10 bits per heavy atom. The van der Waals surface area contributed by atoms with E-state index in [1.807, 2.05) is 30.3 Å². The van der Waals surface area contributed by atoms with Crippen molar-refractivity contribution in [2.24, 2.45) is 0 Å². The molecule has 1 aromatic carbocycles. The highest BCUT2D eigenvalue weighted by molar-refractivity contribution is 5.92. The van der Waals surface area contributed by atoms with Gasteiger partial charge in [0.1, 0.15) is 11.6 Å². The number of hydrogen-bond acceptors (Lipinski definition) is 4. The molecule has 1 amide bonds. The molecule has 5 rings (SSSR count). The van der Waals surface area contributed by atoms with Gasteiger partial charge in [-0.1, -0.05) is 44.2 Å². The van der Waals surface area contributed by atoms with E-state index in [2.05, 4.69) is 35.9 Å². The summed E-state index contributed by atoms with van der Waals surface area (Å²) in [6.07, 6.45) is 6.23. The second-order valence-electron chi connectivity index (χ2n) is 9.17. The SMILES string of the molecule is CC(C)(CC(=O)Nc1nc2ccc(OC3CC3)nc2n1C1CCC1)c1ccccc1. The molecular weight excluding hydrogens is 376 g/mol. The maximum atomic E-state index is 13.0. The maximum absolute atomic E-state index is 13.0. The second-order valence-corrected chi connectivity index (χ2v) is 9.17. The highest BCUT2D eigenvalue weighted by Gasteiger charge is 2.29. The number of nitrogens with one attached hydrogen (secondary N) is 1. The molecule has 2 fully saturated rings. The van der Waals surface area contributed by atoms with Crippen molar-refractivity contribution in [3.8, 4) is 5.88 Å². The molecule has 0 spiro atoms. The number of benzene rings is 1. The average molecular weight is 405 g/mol. The van der Waals surface area contributed by atoms with Gasteiger partial charge in [0, 0.05) is 18.5 Å². The van der Waals surface area contributed by atoms with Crippen molar-refractivity contribution in [3.05, 3.63) is 48.0 Å². The van der Waals surface area contributed by atoms with Crippen molar-refractivity contribution in [1.29, 1.82) is 0 Å². The minimum Gasteiger partial charge on any atom is -0.474 e. The van der Waals surface area contributed by atoms with Crippen LogP contribution in [0.25, 0.3) is 11.2 Å². The number of rotatable bonds is 7. The quantitative estimate of drug-likeness (QED) is 0.601. The van der Waals surface area contributed by atoms with Crippen LogP contribution in [0.2, 0.25) is 0 Å². The van der Waals surface area contributed by atoms with Crippen molar-refractivity contribution in [3.63, 3.8) is 0 Å². The number of carbonyl (C=O) groups is 1. The normalized spacial score (nSPS) is 17.0. The van der Waals surface area contributed by atoms with Gasteiger partial charge in [0.2, 0.25) is 17.7 Å². The summed E-state index contributed by atoms with van der Waals surface area (Å²) >= 11 is 0. The van der Waals surface area contributed by atoms with Crippen molar-refractivity contribution in [2.75, 3.05) is 5.32 Å². The number of hydrogen-bond donors (Lipinski definition) is 1. The number of aromatic nitrogens is 3. The molecular formula is C24H28N4O2. The van der Waals surface area contributed by atoms with Crippen molar-refractivity contribution in [2.45, 2.75) is 69.9 Å². The van der Waals surface area contributed by atoms with Crippen LogP contribution in [-0.2, 0) is 10.2 Å². The average Bonchev–Trinajstić information content (AvgIpc) is 3.43. The van der Waals surface area contributed by atoms with Crippen molar-refractivity contribution >= 4 is 23.0 Å². The fourth-order valence-electron chi connectivity index (χ4n) is 4.02. The fourth-order valence-corrected chi connectivity index (χ4v) is 4.02. The predicted molar refractivity (Wildman–Crippen MR) is 117 cm³/mol. The van der Waals surface area contributed by atoms with Gasteiger partial charge in [-0.2, -0.15) is 4.98 Å². The van der Waals surface area contributed by atoms with Crippen LogP contribution in [0.4, 0.5) is 5.95 Å². The van der Waals surface area contributed by atoms with Crippen LogP contribution in [0.15, 0.2) is 42.5 Å². The Balaban J connectivity index is 1.41. The summed E-state index contributed by atoms with van der Waals surface area (Å²) in [7, 11) is 0. The largest absolute Gasteiger partial charge is 0.474 e. The smallest absolute Gasteiger partial charge is 0.227 e. The van der Waals surface area contributed by atoms with Crippen molar-refractivity contribution in [1.82, 2.24) is 14.5 Å². The molecule has 156 valence electrons. The molecule has 0 atom stereocenters. The molecule has 0 bridgehead atoms. The molecule has 6 heteroatoms. The minimum absolute atomic E-state index is 0.0332. The number of amides is 1. The molecule has 0 aliphatic heterocycles. The zero-order valence-electron chi connectivity index (χ0n) is 17.6. The van der Waals surface area contributed by atoms with Crippen LogP contribution in [0.5, 0.6) is 5.88 Å². The van der Waals surface area contributed by atoms with E-state index in [0.29, 0.717) is 30.4 Å². The first-order valence-electron chi connectivity index (χ1n) is 10.9. The summed E-state index contributed by atoms with van der Waals surface area (Å²) in [6.45, 7) is 4.19. The molecule has 30 heavy (non-hydrogen) atoms. The minimum atomic E-state index is -0.262. The molecule has 0 saturated heterocycles. The Kier molecular flexibility index (Phi) is 4.72. The molecule has 0 unspecified atom stereocenters. The highest BCUT2D eigenvalue weighted by atomic mass is 16.5. The van der Waals surface area contributed by atoms with E-state index in [9.17, 15) is 4.79 Å². The third-order valence-corrected chi connectivity index (χ3v) is 6.17. The predicted octanol–water partition coefficient (Wildman–Crippen LogP) is 5.00. The molecule has 3 aromatic rings. The highest BCUT2D eigenvalue weighted by Crippen LogP contribution is 2.38. The van der Waals surface area contributed by atoms with Gasteiger partial charge in [-0.25, -0.2) is 4.98 Å². The van der Waals surface area contributed by atoms with Crippen LogP contribution in [0.3, 0.4) is 0 Å². The van der Waals surface area contributed by atoms with E-state index in [-0.39, 0.29) is 11.3 Å². The Morgan fingerprint density at radius 2 is 1.87 bits per heavy atom. The van der Waals surface area contributed by atoms with Crippen LogP contribution in [0.1, 0.15) is 64.0 Å². The van der Waals surface area contributed by atoms with Gasteiger partial charge >= 0.3 is 0 Å². The van der Waals surface area contributed by atoms with E-state index in [4.69, 9.17) is 14.7 Å². The molecule has 2 aliphatic rings. The van der Waals surface area contributed by atoms with E-state index >= 15 is 0 Å². The first kappa shape index (κ1) is 19.1. The number of pyridine rings is 1.